The fourth-order valence-corrected chi connectivity index (χ4v) is 2.84. The zero-order valence-corrected chi connectivity index (χ0v) is 15.1. The fraction of sp³-hybridized carbons (Fsp3) is 0.500. The van der Waals surface area contributed by atoms with E-state index in [1.165, 1.54) is 4.68 Å². The molecule has 1 aromatic carbocycles. The summed E-state index contributed by atoms with van der Waals surface area (Å²) in [4.78, 5) is 0. The third-order valence-electron chi connectivity index (χ3n) is 3.67. The van der Waals surface area contributed by atoms with Gasteiger partial charge in [-0.25, -0.2) is 4.68 Å². The fourth-order valence-electron chi connectivity index (χ4n) is 2.34. The second-order valence-corrected chi connectivity index (χ2v) is 7.30. The average molecular weight is 391 g/mol. The summed E-state index contributed by atoms with van der Waals surface area (Å²) in [7, 11) is -5.73. The van der Waals surface area contributed by atoms with E-state index in [2.05, 4.69) is 14.5 Å². The molecule has 26 heavy (non-hydrogen) atoms. The van der Waals surface area contributed by atoms with Crippen LogP contribution >= 0.6 is 0 Å². The number of hydrogen-bond acceptors (Lipinski definition) is 5. The van der Waals surface area contributed by atoms with Crippen molar-refractivity contribution in [2.45, 2.75) is 51.0 Å². The Morgan fingerprint density at radius 1 is 1.19 bits per heavy atom. The number of para-hydroxylation sites is 1. The van der Waals surface area contributed by atoms with Crippen LogP contribution in [0.4, 0.5) is 13.2 Å². The van der Waals surface area contributed by atoms with Gasteiger partial charge in [0, 0.05) is 6.42 Å². The molecule has 144 valence electrons. The van der Waals surface area contributed by atoms with Crippen molar-refractivity contribution < 1.29 is 25.8 Å². The van der Waals surface area contributed by atoms with Gasteiger partial charge in [0.05, 0.1) is 11.7 Å². The van der Waals surface area contributed by atoms with Crippen LogP contribution in [0.2, 0.25) is 0 Å². The van der Waals surface area contributed by atoms with E-state index < -0.39 is 15.6 Å². The maximum atomic E-state index is 12.6. The Labute approximate surface area is 149 Å². The highest BCUT2D eigenvalue weighted by molar-refractivity contribution is 7.87. The molecule has 2 aromatic rings. The van der Waals surface area contributed by atoms with E-state index in [-0.39, 0.29) is 12.2 Å². The van der Waals surface area contributed by atoms with Crippen molar-refractivity contribution in [3.63, 3.8) is 0 Å². The van der Waals surface area contributed by atoms with Crippen LogP contribution in [0.25, 0.3) is 17.2 Å². The Kier molecular flexibility index (Phi) is 6.63. The number of alkyl halides is 3. The van der Waals surface area contributed by atoms with E-state index in [9.17, 15) is 21.6 Å². The molecule has 0 aliphatic rings. The van der Waals surface area contributed by atoms with E-state index in [4.69, 9.17) is 0 Å². The Morgan fingerprint density at radius 2 is 1.88 bits per heavy atom. The van der Waals surface area contributed by atoms with E-state index >= 15 is 0 Å². The van der Waals surface area contributed by atoms with E-state index in [0.717, 1.165) is 31.9 Å². The zero-order chi connectivity index (χ0) is 19.2. The van der Waals surface area contributed by atoms with Gasteiger partial charge in [-0.1, -0.05) is 50.0 Å². The highest BCUT2D eigenvalue weighted by atomic mass is 32.2. The number of halogens is 3. The largest absolute Gasteiger partial charge is 0.534 e. The van der Waals surface area contributed by atoms with Crippen molar-refractivity contribution in [1.29, 1.82) is 0 Å². The summed E-state index contributed by atoms with van der Waals surface area (Å²) in [6, 6.07) is 6.81. The second-order valence-electron chi connectivity index (χ2n) is 5.77. The molecule has 0 saturated heterocycles. The molecule has 0 atom stereocenters. The summed E-state index contributed by atoms with van der Waals surface area (Å²) in [5.74, 6) is -0.325. The van der Waals surface area contributed by atoms with Crippen molar-refractivity contribution in [3.8, 4) is 0 Å². The Balaban J connectivity index is 2.24. The van der Waals surface area contributed by atoms with Crippen LogP contribution in [-0.4, -0.2) is 28.9 Å². The standard InChI is InChI=1S/C16H20F3N3O3S/c1-2-3-4-5-6-9-13(25-26(23,24)16(17,18)19)12-22-15-11-8-7-10-14(15)20-21-22/h7-8,10-12H,2-6,9H2,1H3. The Bertz CT molecular complexity index is 860. The molecule has 0 saturated carbocycles. The number of aromatic nitrogens is 3. The van der Waals surface area contributed by atoms with Gasteiger partial charge in [0.15, 0.2) is 0 Å². The minimum Gasteiger partial charge on any atom is -0.379 e. The number of fused-ring (bicyclic) bond motifs is 1. The number of rotatable bonds is 9. The van der Waals surface area contributed by atoms with Crippen molar-refractivity contribution in [1.82, 2.24) is 15.0 Å². The number of allylic oxidation sites excluding steroid dienone is 1. The van der Waals surface area contributed by atoms with E-state index in [1.54, 1.807) is 24.3 Å². The molecular formula is C16H20F3N3O3S. The molecule has 0 amide bonds. The number of unbranched alkanes of at least 4 members (excludes halogenated alkanes) is 4. The lowest BCUT2D eigenvalue weighted by Gasteiger charge is -2.12. The van der Waals surface area contributed by atoms with Gasteiger partial charge in [0.2, 0.25) is 0 Å². The van der Waals surface area contributed by atoms with Crippen LogP contribution in [-0.2, 0) is 14.3 Å². The third-order valence-corrected chi connectivity index (χ3v) is 4.67. The maximum absolute atomic E-state index is 12.6. The molecule has 0 aliphatic carbocycles. The summed E-state index contributed by atoms with van der Waals surface area (Å²) in [6.07, 6.45) is 5.40. The molecule has 0 aliphatic heterocycles. The van der Waals surface area contributed by atoms with E-state index in [0.29, 0.717) is 17.5 Å². The molecule has 0 spiro atoms. The zero-order valence-electron chi connectivity index (χ0n) is 14.2. The number of nitrogens with zero attached hydrogens (tertiary/aromatic N) is 3. The first kappa shape index (κ1) is 20.2. The van der Waals surface area contributed by atoms with Gasteiger partial charge in [-0.3, -0.25) is 0 Å². The topological polar surface area (TPSA) is 74.1 Å². The smallest absolute Gasteiger partial charge is 0.379 e. The maximum Gasteiger partial charge on any atom is 0.534 e. The summed E-state index contributed by atoms with van der Waals surface area (Å²) in [5.41, 5.74) is -4.42. The second kappa shape index (κ2) is 8.52. The average Bonchev–Trinajstić information content (AvgIpc) is 2.96. The van der Waals surface area contributed by atoms with Gasteiger partial charge < -0.3 is 4.18 Å². The Morgan fingerprint density at radius 3 is 2.58 bits per heavy atom. The first-order valence-corrected chi connectivity index (χ1v) is 9.67. The highest BCUT2D eigenvalue weighted by Crippen LogP contribution is 2.28. The van der Waals surface area contributed by atoms with Gasteiger partial charge in [-0.2, -0.15) is 21.6 Å². The normalized spacial score (nSPS) is 13.3. The molecule has 6 nitrogen and oxygen atoms in total. The lowest BCUT2D eigenvalue weighted by Crippen LogP contribution is -2.25. The van der Waals surface area contributed by atoms with Gasteiger partial charge in [-0.15, -0.1) is 5.10 Å². The van der Waals surface area contributed by atoms with Gasteiger partial charge in [0.1, 0.15) is 11.3 Å². The van der Waals surface area contributed by atoms with Gasteiger partial charge in [0.25, 0.3) is 0 Å². The van der Waals surface area contributed by atoms with Gasteiger partial charge >= 0.3 is 15.6 Å². The van der Waals surface area contributed by atoms with Crippen LogP contribution in [0.3, 0.4) is 0 Å². The first-order valence-electron chi connectivity index (χ1n) is 8.26. The quantitative estimate of drug-likeness (QED) is 0.273. The third kappa shape index (κ3) is 5.20. The first-order chi connectivity index (χ1) is 12.2. The van der Waals surface area contributed by atoms with Crippen LogP contribution < -0.4 is 0 Å². The molecule has 1 aromatic heterocycles. The van der Waals surface area contributed by atoms with Crippen LogP contribution in [0.15, 0.2) is 30.0 Å². The molecular weight excluding hydrogens is 371 g/mol. The molecule has 0 N–H and O–H groups in total. The van der Waals surface area contributed by atoms with E-state index in [1.807, 2.05) is 6.92 Å². The number of hydrogen-bond donors (Lipinski definition) is 0. The lowest BCUT2D eigenvalue weighted by atomic mass is 10.1. The monoisotopic (exact) mass is 391 g/mol. The van der Waals surface area contributed by atoms with Crippen LogP contribution in [0, 0.1) is 0 Å². The van der Waals surface area contributed by atoms with Crippen LogP contribution in [0.5, 0.6) is 0 Å². The minimum atomic E-state index is -5.73. The molecule has 0 bridgehead atoms. The summed E-state index contributed by atoms with van der Waals surface area (Å²) >= 11 is 0. The number of benzene rings is 1. The predicted octanol–water partition coefficient (Wildman–Crippen LogP) is 4.46. The lowest BCUT2D eigenvalue weighted by molar-refractivity contribution is -0.0523. The molecule has 10 heteroatoms. The Hall–Kier alpha value is -2.10. The van der Waals surface area contributed by atoms with Crippen molar-refractivity contribution >= 4 is 27.4 Å². The molecule has 0 fully saturated rings. The molecule has 0 radical (unpaired) electrons. The van der Waals surface area contributed by atoms with Crippen molar-refractivity contribution in [2.24, 2.45) is 0 Å². The minimum absolute atomic E-state index is 0.0488. The SMILES string of the molecule is CCCCCCCC(=Cn1nnc2ccccc21)OS(=O)(=O)C(F)(F)F. The predicted molar refractivity (Wildman–Crippen MR) is 91.2 cm³/mol. The molecule has 2 rings (SSSR count). The molecule has 0 unspecified atom stereocenters. The van der Waals surface area contributed by atoms with Crippen molar-refractivity contribution in [3.05, 3.63) is 30.0 Å². The van der Waals surface area contributed by atoms with Gasteiger partial charge in [-0.05, 0) is 18.6 Å². The van der Waals surface area contributed by atoms with Crippen molar-refractivity contribution in [2.75, 3.05) is 0 Å². The summed E-state index contributed by atoms with van der Waals surface area (Å²) < 4.78 is 66.2. The summed E-state index contributed by atoms with van der Waals surface area (Å²) in [6.45, 7) is 2.04. The van der Waals surface area contributed by atoms with Crippen LogP contribution in [0.1, 0.15) is 45.4 Å². The summed E-state index contributed by atoms with van der Waals surface area (Å²) in [5, 5.41) is 7.70. The molecule has 1 heterocycles. The highest BCUT2D eigenvalue weighted by Gasteiger charge is 2.48.